The fourth-order valence-electron chi connectivity index (χ4n) is 0.269. The van der Waals surface area contributed by atoms with Crippen LogP contribution in [0, 0.1) is 0 Å². The number of hydrogen-bond donors (Lipinski definition) is 2. The molecule has 0 saturated carbocycles. The quantitative estimate of drug-likeness (QED) is 0.444. The molecule has 0 amide bonds. The molecule has 40 valence electrons. The van der Waals surface area contributed by atoms with Crippen molar-refractivity contribution in [3.63, 3.8) is 0 Å². The van der Waals surface area contributed by atoms with E-state index in [2.05, 4.69) is 12.8 Å². The van der Waals surface area contributed by atoms with Crippen molar-refractivity contribution in [1.82, 2.24) is 5.32 Å². The molecule has 3 heteroatoms. The number of aliphatic hydroxyl groups excluding tert-OH is 1. The second-order valence-electron chi connectivity index (χ2n) is 1.35. The molecular weight excluding hydrogens is 88.9 g/mol. The first-order valence-electron chi connectivity index (χ1n) is 2.34. The summed E-state index contributed by atoms with van der Waals surface area (Å²) in [5.74, 6) is 0. The van der Waals surface area contributed by atoms with E-state index in [9.17, 15) is 0 Å². The summed E-state index contributed by atoms with van der Waals surface area (Å²) in [5, 5.41) is 11.3. The predicted molar refractivity (Wildman–Crippen MR) is 32.6 cm³/mol. The zero-order valence-electron chi connectivity index (χ0n) is 4.57. The van der Waals surface area contributed by atoms with Gasteiger partial charge in [0.1, 0.15) is 0 Å². The molecule has 2 N–H and O–H groups in total. The van der Waals surface area contributed by atoms with Gasteiger partial charge in [0, 0.05) is 0 Å². The Balaban J connectivity index is 2.82. The molecule has 0 radical (unpaired) electrons. The van der Waals surface area contributed by atoms with E-state index in [0.29, 0.717) is 6.54 Å². The Morgan fingerprint density at radius 3 is 2.57 bits per heavy atom. The van der Waals surface area contributed by atoms with Crippen LogP contribution in [0.25, 0.3) is 0 Å². The number of nitrogens with one attached hydrogen (secondary N) is 1. The van der Waals surface area contributed by atoms with Crippen molar-refractivity contribution >= 4 is 13.1 Å². The number of likely N-dealkylation sites (N-methyl/N-ethyl adjacent to an activating group) is 1. The van der Waals surface area contributed by atoms with E-state index in [1.165, 1.54) is 0 Å². The van der Waals surface area contributed by atoms with Crippen molar-refractivity contribution < 1.29 is 5.11 Å². The molecule has 0 aliphatic carbocycles. The Hall–Kier alpha value is -0.305. The molecule has 0 rings (SSSR count). The molecular formula is C4H10BNO. The zero-order valence-corrected chi connectivity index (χ0v) is 4.57. The molecule has 0 fully saturated rings. The monoisotopic (exact) mass is 99.1 g/mol. The zero-order chi connectivity index (χ0) is 5.70. The molecule has 0 atom stereocenters. The topological polar surface area (TPSA) is 32.3 Å². The molecule has 0 aliphatic rings. The van der Waals surface area contributed by atoms with Gasteiger partial charge in [-0.15, -0.1) is 0 Å². The van der Waals surface area contributed by atoms with E-state index in [1.54, 1.807) is 0 Å². The van der Waals surface area contributed by atoms with Crippen LogP contribution < -0.4 is 5.32 Å². The Labute approximate surface area is 44.6 Å². The summed E-state index contributed by atoms with van der Waals surface area (Å²) in [7, 11) is 3.29. The minimum absolute atomic E-state index is 0.196. The number of rotatable bonds is 3. The summed E-state index contributed by atoms with van der Waals surface area (Å²) >= 11 is 0. The summed E-state index contributed by atoms with van der Waals surface area (Å²) in [4.78, 5) is 0. The summed E-state index contributed by atoms with van der Waals surface area (Å²) in [5.41, 5.74) is 0.196. The molecule has 0 aromatic rings. The summed E-state index contributed by atoms with van der Waals surface area (Å²) in [6.45, 7) is 3.36. The second kappa shape index (κ2) is 3.87. The van der Waals surface area contributed by atoms with Crippen LogP contribution in [0.2, 0.25) is 0 Å². The molecule has 0 spiro atoms. The van der Waals surface area contributed by atoms with Crippen LogP contribution in [-0.2, 0) is 0 Å². The minimum atomic E-state index is 0.196. The second-order valence-corrected chi connectivity index (χ2v) is 1.35. The average molecular weight is 98.9 g/mol. The van der Waals surface area contributed by atoms with Gasteiger partial charge in [-0.1, -0.05) is 0 Å². The van der Waals surface area contributed by atoms with Gasteiger partial charge in [0.2, 0.25) is 0 Å². The fraction of sp³-hybridized carbons (Fsp3) is 0.750. The molecule has 0 aromatic carbocycles. The van der Waals surface area contributed by atoms with E-state index in [-0.39, 0.29) is 5.65 Å². The van der Waals surface area contributed by atoms with Crippen LogP contribution in [0.4, 0.5) is 0 Å². The molecule has 2 nitrogen and oxygen atoms in total. The third-order valence-electron chi connectivity index (χ3n) is 0.579. The normalized spacial score (nSPS) is 8.57. The molecule has 0 aliphatic heterocycles. The number of hydrogen-bond acceptors (Lipinski definition) is 2. The standard InChI is InChI=1S/C4H10BNO/c1-2-6-3-4(5)7/h5-7H,2-3H2,1H3. The molecule has 0 heterocycles. The maximum absolute atomic E-state index is 8.43. The van der Waals surface area contributed by atoms with Crippen molar-refractivity contribution in [2.75, 3.05) is 13.1 Å². The van der Waals surface area contributed by atoms with Crippen LogP contribution in [0.5, 0.6) is 0 Å². The first kappa shape index (κ1) is 6.69. The first-order valence-corrected chi connectivity index (χ1v) is 2.34. The van der Waals surface area contributed by atoms with Crippen LogP contribution >= 0.6 is 0 Å². The van der Waals surface area contributed by atoms with Gasteiger partial charge in [-0.05, 0) is 0 Å². The summed E-state index contributed by atoms with van der Waals surface area (Å²) < 4.78 is 0. The van der Waals surface area contributed by atoms with Gasteiger partial charge in [0.15, 0.2) is 0 Å². The van der Waals surface area contributed by atoms with Gasteiger partial charge in [-0.2, -0.15) is 0 Å². The molecule has 7 heavy (non-hydrogen) atoms. The molecule has 0 unspecified atom stereocenters. The Bertz CT molecular complexity index is 64.7. The van der Waals surface area contributed by atoms with Crippen LogP contribution in [0.1, 0.15) is 6.92 Å². The van der Waals surface area contributed by atoms with E-state index in [4.69, 9.17) is 5.11 Å². The Morgan fingerprint density at radius 1 is 1.86 bits per heavy atom. The van der Waals surface area contributed by atoms with Gasteiger partial charge in [-0.25, -0.2) is 0 Å². The molecule has 0 aromatic heterocycles. The summed E-state index contributed by atoms with van der Waals surface area (Å²) in [6, 6.07) is 0. The van der Waals surface area contributed by atoms with Crippen molar-refractivity contribution in [1.29, 1.82) is 0 Å². The Kier molecular flexibility index (Phi) is 3.70. The fourth-order valence-corrected chi connectivity index (χ4v) is 0.269. The number of aliphatic hydroxyl groups is 1. The van der Waals surface area contributed by atoms with E-state index >= 15 is 0 Å². The third kappa shape index (κ3) is 5.69. The van der Waals surface area contributed by atoms with Crippen molar-refractivity contribution in [2.45, 2.75) is 6.92 Å². The van der Waals surface area contributed by atoms with Gasteiger partial charge < -0.3 is 0 Å². The van der Waals surface area contributed by atoms with Crippen LogP contribution in [0.3, 0.4) is 0 Å². The first-order chi connectivity index (χ1) is 3.27. The van der Waals surface area contributed by atoms with Crippen molar-refractivity contribution in [3.8, 4) is 0 Å². The third-order valence-corrected chi connectivity index (χ3v) is 0.579. The maximum atomic E-state index is 8.43. The van der Waals surface area contributed by atoms with Gasteiger partial charge in [0.25, 0.3) is 0 Å². The van der Waals surface area contributed by atoms with E-state index in [0.717, 1.165) is 6.54 Å². The van der Waals surface area contributed by atoms with Gasteiger partial charge >= 0.3 is 43.6 Å². The summed E-state index contributed by atoms with van der Waals surface area (Å²) in [6.07, 6.45) is 0. The van der Waals surface area contributed by atoms with Gasteiger partial charge in [-0.3, -0.25) is 0 Å². The SMILES string of the molecule is B=C(O)CNCC. The van der Waals surface area contributed by atoms with E-state index < -0.39 is 0 Å². The predicted octanol–water partition coefficient (Wildman–Crippen LogP) is -1.00. The van der Waals surface area contributed by atoms with Crippen LogP contribution in [0.15, 0.2) is 0 Å². The van der Waals surface area contributed by atoms with Crippen molar-refractivity contribution in [3.05, 3.63) is 0 Å². The van der Waals surface area contributed by atoms with Crippen LogP contribution in [-0.4, -0.2) is 31.3 Å². The van der Waals surface area contributed by atoms with E-state index in [1.807, 2.05) is 6.92 Å². The Morgan fingerprint density at radius 2 is 2.43 bits per heavy atom. The average Bonchev–Trinajstić information content (AvgIpc) is 1.61. The molecule has 0 saturated heterocycles. The van der Waals surface area contributed by atoms with Crippen molar-refractivity contribution in [2.24, 2.45) is 0 Å². The molecule has 0 bridgehead atoms. The van der Waals surface area contributed by atoms with Gasteiger partial charge in [0.05, 0.1) is 0 Å².